The van der Waals surface area contributed by atoms with Gasteiger partial charge in [0.1, 0.15) is 18.3 Å². The van der Waals surface area contributed by atoms with Crippen molar-refractivity contribution in [2.24, 2.45) is 0 Å². The minimum atomic E-state index is -1.23. The number of halogens is 2. The Balaban J connectivity index is 1.97. The summed E-state index contributed by atoms with van der Waals surface area (Å²) in [6, 6.07) is 5.04. The Hall–Kier alpha value is -1.40. The van der Waals surface area contributed by atoms with Gasteiger partial charge in [0, 0.05) is 34.7 Å². The Labute approximate surface area is 157 Å². The Morgan fingerprint density at radius 3 is 2.64 bits per heavy atom. The first-order chi connectivity index (χ1) is 11.9. The molecule has 1 N–H and O–H groups in total. The lowest BCUT2D eigenvalue weighted by molar-refractivity contribution is -0.0633. The molecule has 25 heavy (non-hydrogen) atoms. The van der Waals surface area contributed by atoms with E-state index in [4.69, 9.17) is 23.2 Å². The van der Waals surface area contributed by atoms with Crippen molar-refractivity contribution in [1.29, 1.82) is 0 Å². The molecular weight excluding hydrogens is 359 g/mol. The third-order valence-corrected chi connectivity index (χ3v) is 5.56. The van der Waals surface area contributed by atoms with Crippen molar-refractivity contribution >= 4 is 23.2 Å². The van der Waals surface area contributed by atoms with Gasteiger partial charge in [-0.15, -0.1) is 0 Å². The Morgan fingerprint density at radius 2 is 2.04 bits per heavy atom. The third kappa shape index (κ3) is 3.90. The first-order valence-corrected chi connectivity index (χ1v) is 9.07. The van der Waals surface area contributed by atoms with Crippen molar-refractivity contribution in [3.05, 3.63) is 58.6 Å². The first kappa shape index (κ1) is 18.4. The summed E-state index contributed by atoms with van der Waals surface area (Å²) in [4.78, 5) is 6.25. The number of aliphatic hydroxyl groups is 1. The molecule has 0 amide bonds. The minimum absolute atomic E-state index is 0.163. The van der Waals surface area contributed by atoms with Gasteiger partial charge in [0.15, 0.2) is 0 Å². The number of rotatable bonds is 5. The maximum atomic E-state index is 11.7. The molecule has 134 valence electrons. The molecule has 1 aromatic carbocycles. The molecule has 2 heterocycles. The van der Waals surface area contributed by atoms with Crippen LogP contribution >= 0.6 is 23.2 Å². The van der Waals surface area contributed by atoms with Crippen molar-refractivity contribution in [3.8, 4) is 0 Å². The molecule has 2 aromatic rings. The zero-order chi connectivity index (χ0) is 18.0. The van der Waals surface area contributed by atoms with Gasteiger partial charge >= 0.3 is 0 Å². The molecule has 2 atom stereocenters. The summed E-state index contributed by atoms with van der Waals surface area (Å²) in [5.74, 6) is 0. The number of nitrogens with zero attached hydrogens (tertiary/aromatic N) is 4. The van der Waals surface area contributed by atoms with Gasteiger partial charge in [0.05, 0.1) is 6.54 Å². The third-order valence-electron chi connectivity index (χ3n) is 5.01. The lowest BCUT2D eigenvalue weighted by Gasteiger charge is -2.43. The van der Waals surface area contributed by atoms with Crippen molar-refractivity contribution in [2.75, 3.05) is 13.1 Å². The second-order valence-electron chi connectivity index (χ2n) is 6.60. The largest absolute Gasteiger partial charge is 0.382 e. The summed E-state index contributed by atoms with van der Waals surface area (Å²) in [5, 5.41) is 16.9. The highest BCUT2D eigenvalue weighted by molar-refractivity contribution is 6.35. The number of hydrogen-bond acceptors (Lipinski definition) is 4. The van der Waals surface area contributed by atoms with Gasteiger partial charge < -0.3 is 5.11 Å². The zero-order valence-electron chi connectivity index (χ0n) is 14.2. The van der Waals surface area contributed by atoms with Gasteiger partial charge in [-0.25, -0.2) is 9.67 Å². The van der Waals surface area contributed by atoms with E-state index in [1.54, 1.807) is 29.2 Å². The van der Waals surface area contributed by atoms with E-state index < -0.39 is 5.60 Å². The monoisotopic (exact) mass is 380 g/mol. The van der Waals surface area contributed by atoms with Crippen LogP contribution < -0.4 is 0 Å². The van der Waals surface area contributed by atoms with Crippen LogP contribution in [0.2, 0.25) is 10.0 Å². The highest BCUT2D eigenvalue weighted by Crippen LogP contribution is 2.37. The zero-order valence-corrected chi connectivity index (χ0v) is 15.7. The van der Waals surface area contributed by atoms with Crippen LogP contribution in [0.1, 0.15) is 25.3 Å². The SMILES string of the molecule is C=C1CCN(C(C)C(O)(Cn2cncn2)c2ccc(Cl)cc2Cl)CC1. The number of benzene rings is 1. The fourth-order valence-electron chi connectivity index (χ4n) is 3.37. The lowest BCUT2D eigenvalue weighted by atomic mass is 9.85. The van der Waals surface area contributed by atoms with Crippen molar-refractivity contribution < 1.29 is 5.11 Å². The molecule has 3 rings (SSSR count). The van der Waals surface area contributed by atoms with E-state index in [-0.39, 0.29) is 12.6 Å². The fourth-order valence-corrected chi connectivity index (χ4v) is 3.95. The average molecular weight is 381 g/mol. The highest BCUT2D eigenvalue weighted by Gasteiger charge is 2.41. The Bertz CT molecular complexity index is 740. The summed E-state index contributed by atoms with van der Waals surface area (Å²) in [7, 11) is 0. The number of piperidine rings is 1. The molecule has 1 aromatic heterocycles. The van der Waals surface area contributed by atoms with Gasteiger partial charge in [-0.3, -0.25) is 4.90 Å². The quantitative estimate of drug-likeness (QED) is 0.806. The molecule has 0 saturated carbocycles. The van der Waals surface area contributed by atoms with Gasteiger partial charge in [0.25, 0.3) is 0 Å². The summed E-state index contributed by atoms with van der Waals surface area (Å²) in [6.07, 6.45) is 4.94. The fraction of sp³-hybridized carbons (Fsp3) is 0.444. The van der Waals surface area contributed by atoms with E-state index in [2.05, 4.69) is 21.6 Å². The minimum Gasteiger partial charge on any atom is -0.382 e. The lowest BCUT2D eigenvalue weighted by Crippen LogP contribution is -2.53. The second kappa shape index (κ2) is 7.46. The van der Waals surface area contributed by atoms with Crippen LogP contribution in [-0.4, -0.2) is 43.9 Å². The summed E-state index contributed by atoms with van der Waals surface area (Å²) < 4.78 is 1.63. The van der Waals surface area contributed by atoms with E-state index >= 15 is 0 Å². The molecule has 1 saturated heterocycles. The maximum absolute atomic E-state index is 11.7. The van der Waals surface area contributed by atoms with Crippen LogP contribution in [-0.2, 0) is 12.1 Å². The van der Waals surface area contributed by atoms with Crippen molar-refractivity contribution in [1.82, 2.24) is 19.7 Å². The topological polar surface area (TPSA) is 54.2 Å². The van der Waals surface area contributed by atoms with Gasteiger partial charge in [0.2, 0.25) is 0 Å². The normalized spacial score (nSPS) is 19.6. The second-order valence-corrected chi connectivity index (χ2v) is 7.45. The van der Waals surface area contributed by atoms with E-state index in [1.165, 1.54) is 11.9 Å². The van der Waals surface area contributed by atoms with E-state index in [0.717, 1.165) is 25.9 Å². The predicted molar refractivity (Wildman–Crippen MR) is 99.8 cm³/mol. The van der Waals surface area contributed by atoms with Crippen LogP contribution in [0, 0.1) is 0 Å². The Kier molecular flexibility index (Phi) is 5.49. The molecule has 1 aliphatic rings. The number of aromatic nitrogens is 3. The van der Waals surface area contributed by atoms with Crippen LogP contribution in [0.25, 0.3) is 0 Å². The van der Waals surface area contributed by atoms with Gasteiger partial charge in [-0.2, -0.15) is 5.10 Å². The molecule has 1 fully saturated rings. The summed E-state index contributed by atoms with van der Waals surface area (Å²) in [5.41, 5.74) is 0.673. The predicted octanol–water partition coefficient (Wildman–Crippen LogP) is 3.51. The van der Waals surface area contributed by atoms with Crippen molar-refractivity contribution in [3.63, 3.8) is 0 Å². The van der Waals surface area contributed by atoms with Gasteiger partial charge in [-0.1, -0.05) is 41.4 Å². The van der Waals surface area contributed by atoms with Crippen LogP contribution in [0.4, 0.5) is 0 Å². The highest BCUT2D eigenvalue weighted by atomic mass is 35.5. The smallest absolute Gasteiger partial charge is 0.137 e. The van der Waals surface area contributed by atoms with Crippen molar-refractivity contribution in [2.45, 2.75) is 38.0 Å². The molecule has 0 spiro atoms. The Morgan fingerprint density at radius 1 is 1.32 bits per heavy atom. The number of likely N-dealkylation sites (tertiary alicyclic amines) is 1. The summed E-state index contributed by atoms with van der Waals surface area (Å²) in [6.45, 7) is 8.08. The van der Waals surface area contributed by atoms with E-state index in [0.29, 0.717) is 15.6 Å². The molecule has 1 aliphatic heterocycles. The summed E-state index contributed by atoms with van der Waals surface area (Å²) >= 11 is 12.5. The molecule has 7 heteroatoms. The van der Waals surface area contributed by atoms with Crippen LogP contribution in [0.3, 0.4) is 0 Å². The molecule has 0 bridgehead atoms. The molecular formula is C18H22Cl2N4O. The molecule has 0 aliphatic carbocycles. The maximum Gasteiger partial charge on any atom is 0.137 e. The van der Waals surface area contributed by atoms with Crippen LogP contribution in [0.15, 0.2) is 43.0 Å². The molecule has 0 radical (unpaired) electrons. The van der Waals surface area contributed by atoms with E-state index in [1.807, 2.05) is 6.92 Å². The first-order valence-electron chi connectivity index (χ1n) is 8.31. The molecule has 2 unspecified atom stereocenters. The number of hydrogen-bond donors (Lipinski definition) is 1. The molecule has 5 nitrogen and oxygen atoms in total. The van der Waals surface area contributed by atoms with Gasteiger partial charge in [-0.05, 0) is 31.9 Å². The average Bonchev–Trinajstić information content (AvgIpc) is 3.07. The van der Waals surface area contributed by atoms with Crippen LogP contribution in [0.5, 0.6) is 0 Å². The standard InChI is InChI=1S/C18H22Cl2N4O/c1-13-5-7-23(8-6-13)14(2)18(25,10-24-12-21-11-22-24)16-4-3-15(19)9-17(16)20/h3-4,9,11-12,14,25H,1,5-8,10H2,2H3. The van der Waals surface area contributed by atoms with E-state index in [9.17, 15) is 5.11 Å².